The molecule has 1 saturated carbocycles. The van der Waals surface area contributed by atoms with E-state index in [9.17, 15) is 9.59 Å². The van der Waals surface area contributed by atoms with Crippen molar-refractivity contribution in [2.45, 2.75) is 84.0 Å². The molecule has 184 valence electrons. The van der Waals surface area contributed by atoms with Gasteiger partial charge in [0.15, 0.2) is 0 Å². The van der Waals surface area contributed by atoms with Crippen LogP contribution in [0.25, 0.3) is 0 Å². The molecule has 0 atom stereocenters. The zero-order valence-corrected chi connectivity index (χ0v) is 20.1. The first-order valence-electron chi connectivity index (χ1n) is 12.5. The van der Waals surface area contributed by atoms with Gasteiger partial charge in [0, 0.05) is 12.8 Å². The van der Waals surface area contributed by atoms with E-state index in [1.165, 1.54) is 0 Å². The normalized spacial score (nSPS) is 20.9. The Labute approximate surface area is 198 Å². The van der Waals surface area contributed by atoms with Gasteiger partial charge < -0.3 is 19.3 Å². The molecule has 0 amide bonds. The summed E-state index contributed by atoms with van der Waals surface area (Å²) in [6.45, 7) is 7.34. The van der Waals surface area contributed by atoms with Crippen LogP contribution in [0, 0.1) is 11.8 Å². The summed E-state index contributed by atoms with van der Waals surface area (Å²) in [5.41, 5.74) is 0. The minimum Gasteiger partial charge on any atom is -0.498 e. The standard InChI is InChI=1S/C27H40O6/c1-3-5-10-23(4-2)31-19-8-6-7-9-20-32-24-15-17-25(18-16-24)33-27(30)22-13-11-21(12-14-22)26(28)29/h4,10,15,17,21-22H,2-3,5-9,11-14,16,18-20H2,1H3,(H,28,29)/b23-10-. The van der Waals surface area contributed by atoms with E-state index < -0.39 is 5.97 Å². The molecule has 1 fully saturated rings. The number of unbranched alkanes of at least 4 members (excludes halogenated alkanes) is 4. The number of aliphatic carboxylic acids is 1. The summed E-state index contributed by atoms with van der Waals surface area (Å²) in [7, 11) is 0. The van der Waals surface area contributed by atoms with Crippen molar-refractivity contribution in [1.82, 2.24) is 0 Å². The van der Waals surface area contributed by atoms with Crippen molar-refractivity contribution in [3.05, 3.63) is 48.2 Å². The van der Waals surface area contributed by atoms with Crippen molar-refractivity contribution in [2.24, 2.45) is 11.8 Å². The second-order valence-electron chi connectivity index (χ2n) is 8.78. The molecular formula is C27H40O6. The molecule has 2 aliphatic carbocycles. The van der Waals surface area contributed by atoms with Gasteiger partial charge >= 0.3 is 11.9 Å². The summed E-state index contributed by atoms with van der Waals surface area (Å²) in [5, 5.41) is 9.07. The average Bonchev–Trinajstić information content (AvgIpc) is 2.83. The van der Waals surface area contributed by atoms with E-state index in [2.05, 4.69) is 19.6 Å². The maximum Gasteiger partial charge on any atom is 0.314 e. The highest BCUT2D eigenvalue weighted by molar-refractivity contribution is 5.75. The van der Waals surface area contributed by atoms with Crippen molar-refractivity contribution in [2.75, 3.05) is 13.2 Å². The van der Waals surface area contributed by atoms with Crippen LogP contribution in [0.5, 0.6) is 0 Å². The highest BCUT2D eigenvalue weighted by atomic mass is 16.5. The van der Waals surface area contributed by atoms with Crippen LogP contribution >= 0.6 is 0 Å². The van der Waals surface area contributed by atoms with Crippen LogP contribution in [0.3, 0.4) is 0 Å². The van der Waals surface area contributed by atoms with Crippen LogP contribution in [-0.4, -0.2) is 30.3 Å². The van der Waals surface area contributed by atoms with Crippen molar-refractivity contribution in [1.29, 1.82) is 0 Å². The Morgan fingerprint density at radius 1 is 1.00 bits per heavy atom. The molecule has 1 N–H and O–H groups in total. The molecule has 33 heavy (non-hydrogen) atoms. The smallest absolute Gasteiger partial charge is 0.314 e. The third kappa shape index (κ3) is 10.3. The number of carboxylic acid groups (broad SMARTS) is 1. The van der Waals surface area contributed by atoms with E-state index in [1.807, 2.05) is 12.2 Å². The third-order valence-corrected chi connectivity index (χ3v) is 6.14. The highest BCUT2D eigenvalue weighted by Crippen LogP contribution is 2.31. The van der Waals surface area contributed by atoms with E-state index in [1.54, 1.807) is 6.08 Å². The molecule has 0 saturated heterocycles. The quantitative estimate of drug-likeness (QED) is 0.131. The number of ether oxygens (including phenoxy) is 3. The summed E-state index contributed by atoms with van der Waals surface area (Å²) >= 11 is 0. The number of carbonyl (C=O) groups excluding carboxylic acids is 1. The van der Waals surface area contributed by atoms with Gasteiger partial charge in [-0.1, -0.05) is 19.9 Å². The molecule has 0 aromatic heterocycles. The van der Waals surface area contributed by atoms with E-state index >= 15 is 0 Å². The van der Waals surface area contributed by atoms with Gasteiger partial charge in [-0.2, -0.15) is 0 Å². The van der Waals surface area contributed by atoms with Crippen molar-refractivity contribution in [3.63, 3.8) is 0 Å². The fourth-order valence-electron chi connectivity index (χ4n) is 4.03. The zero-order valence-electron chi connectivity index (χ0n) is 20.1. The zero-order chi connectivity index (χ0) is 23.9. The lowest BCUT2D eigenvalue weighted by molar-refractivity contribution is -0.149. The van der Waals surface area contributed by atoms with E-state index in [0.717, 1.165) is 63.1 Å². The molecule has 0 aliphatic heterocycles. The van der Waals surface area contributed by atoms with Gasteiger partial charge in [-0.15, -0.1) is 0 Å². The average molecular weight is 461 g/mol. The van der Waals surface area contributed by atoms with Crippen LogP contribution < -0.4 is 0 Å². The van der Waals surface area contributed by atoms with Crippen LogP contribution in [-0.2, 0) is 23.8 Å². The Balaban J connectivity index is 1.55. The minimum atomic E-state index is -0.763. The topological polar surface area (TPSA) is 82.1 Å². The molecule has 0 radical (unpaired) electrons. The van der Waals surface area contributed by atoms with Crippen LogP contribution in [0.4, 0.5) is 0 Å². The monoisotopic (exact) mass is 460 g/mol. The molecule has 2 aliphatic rings. The largest absolute Gasteiger partial charge is 0.498 e. The Kier molecular flexibility index (Phi) is 12.4. The first-order chi connectivity index (χ1) is 16.0. The molecule has 0 aromatic rings. The Hall–Kier alpha value is -2.50. The highest BCUT2D eigenvalue weighted by Gasteiger charge is 2.31. The Morgan fingerprint density at radius 3 is 2.24 bits per heavy atom. The number of carboxylic acids is 1. The van der Waals surface area contributed by atoms with Gasteiger partial charge in [-0.25, -0.2) is 0 Å². The minimum absolute atomic E-state index is 0.191. The number of carbonyl (C=O) groups is 2. The lowest BCUT2D eigenvalue weighted by atomic mass is 9.82. The predicted octanol–water partition coefficient (Wildman–Crippen LogP) is 6.45. The molecule has 2 rings (SSSR count). The number of esters is 1. The lowest BCUT2D eigenvalue weighted by Gasteiger charge is -2.25. The second-order valence-corrected chi connectivity index (χ2v) is 8.78. The summed E-state index contributed by atoms with van der Waals surface area (Å²) in [6, 6.07) is 0. The first-order valence-corrected chi connectivity index (χ1v) is 12.5. The fourth-order valence-corrected chi connectivity index (χ4v) is 4.03. The van der Waals surface area contributed by atoms with Crippen LogP contribution in [0.2, 0.25) is 0 Å². The maximum atomic E-state index is 12.4. The lowest BCUT2D eigenvalue weighted by Crippen LogP contribution is -2.27. The van der Waals surface area contributed by atoms with E-state index in [-0.39, 0.29) is 17.8 Å². The number of rotatable bonds is 15. The van der Waals surface area contributed by atoms with Gasteiger partial charge in [0.2, 0.25) is 0 Å². The van der Waals surface area contributed by atoms with E-state index in [0.29, 0.717) is 44.5 Å². The summed E-state index contributed by atoms with van der Waals surface area (Å²) < 4.78 is 17.1. The van der Waals surface area contributed by atoms with Crippen molar-refractivity contribution in [3.8, 4) is 0 Å². The molecule has 0 bridgehead atoms. The SMILES string of the molecule is C=C/C(=C/CCC)OCCCCCCOC1=CC=C(OC(=O)C2CCC(C(=O)O)CC2)CC1. The third-order valence-electron chi connectivity index (χ3n) is 6.14. The van der Waals surface area contributed by atoms with Crippen molar-refractivity contribution >= 4 is 11.9 Å². The van der Waals surface area contributed by atoms with Gasteiger partial charge in [0.05, 0.1) is 30.8 Å². The van der Waals surface area contributed by atoms with Gasteiger partial charge in [0.1, 0.15) is 11.5 Å². The van der Waals surface area contributed by atoms with E-state index in [4.69, 9.17) is 19.3 Å². The predicted molar refractivity (Wildman–Crippen MR) is 128 cm³/mol. The van der Waals surface area contributed by atoms with Crippen LogP contribution in [0.1, 0.15) is 84.0 Å². The first kappa shape index (κ1) is 26.7. The summed E-state index contributed by atoms with van der Waals surface area (Å²) in [6.07, 6.45) is 17.6. The molecule has 6 nitrogen and oxygen atoms in total. The number of hydrogen-bond donors (Lipinski definition) is 1. The Morgan fingerprint density at radius 2 is 1.64 bits per heavy atom. The van der Waals surface area contributed by atoms with Gasteiger partial charge in [-0.3, -0.25) is 9.59 Å². The number of allylic oxidation sites excluding steroid dienone is 6. The molecule has 0 heterocycles. The molecule has 6 heteroatoms. The molecule has 0 unspecified atom stereocenters. The van der Waals surface area contributed by atoms with Gasteiger partial charge in [-0.05, 0) is 82.1 Å². The van der Waals surface area contributed by atoms with Gasteiger partial charge in [0.25, 0.3) is 0 Å². The molecular weight excluding hydrogens is 420 g/mol. The molecule has 0 spiro atoms. The summed E-state index contributed by atoms with van der Waals surface area (Å²) in [4.78, 5) is 23.4. The molecule has 0 aromatic carbocycles. The maximum absolute atomic E-state index is 12.4. The number of hydrogen-bond acceptors (Lipinski definition) is 5. The fraction of sp³-hybridized carbons (Fsp3) is 0.630. The Bertz CT molecular complexity index is 725. The van der Waals surface area contributed by atoms with Crippen LogP contribution in [0.15, 0.2) is 48.2 Å². The van der Waals surface area contributed by atoms with Crippen molar-refractivity contribution < 1.29 is 28.9 Å². The second kappa shape index (κ2) is 15.4. The summed E-state index contributed by atoms with van der Waals surface area (Å²) in [5.74, 6) is 0.971.